The molecular weight excluding hydrogens is 179 g/mol. The van der Waals surface area contributed by atoms with E-state index in [0.717, 1.165) is 0 Å². The van der Waals surface area contributed by atoms with Crippen molar-refractivity contribution in [2.75, 3.05) is 0 Å². The summed E-state index contributed by atoms with van der Waals surface area (Å²) >= 11 is 0. The van der Waals surface area contributed by atoms with Crippen molar-refractivity contribution in [1.29, 1.82) is 0 Å². The number of hydrogen-bond acceptors (Lipinski definition) is 3. The topological polar surface area (TPSA) is 112 Å². The third kappa shape index (κ3) is 6.86. The Labute approximate surface area is 74.3 Å². The average molecular weight is 188 g/mol. The van der Waals surface area contributed by atoms with Crippen LogP contribution in [0.4, 0.5) is 0 Å². The minimum atomic E-state index is -1.19. The van der Waals surface area contributed by atoms with Crippen molar-refractivity contribution in [3.8, 4) is 0 Å². The second-order valence-electron chi connectivity index (χ2n) is 2.66. The zero-order valence-corrected chi connectivity index (χ0v) is 6.77. The molecule has 0 aromatic rings. The summed E-state index contributed by atoms with van der Waals surface area (Å²) in [5.41, 5.74) is 0. The number of aliphatic carboxylic acids is 3. The fourth-order valence-electron chi connectivity index (χ4n) is 0.957. The van der Waals surface area contributed by atoms with E-state index in [1.54, 1.807) is 0 Å². The summed E-state index contributed by atoms with van der Waals surface area (Å²) in [6.07, 6.45) is -1.30. The first-order valence-electron chi connectivity index (χ1n) is 3.57. The maximum Gasteiger partial charge on any atom is 0.296 e. The fraction of sp³-hybridized carbons (Fsp3) is 0.500. The van der Waals surface area contributed by atoms with Crippen LogP contribution in [0.1, 0.15) is 0 Å². The van der Waals surface area contributed by atoms with Gasteiger partial charge in [0.2, 0.25) is 0 Å². The van der Waals surface area contributed by atoms with E-state index in [2.05, 4.69) is 0 Å². The summed E-state index contributed by atoms with van der Waals surface area (Å²) in [6, 6.07) is 0. The van der Waals surface area contributed by atoms with Crippen molar-refractivity contribution in [3.63, 3.8) is 0 Å². The summed E-state index contributed by atoms with van der Waals surface area (Å²) < 4.78 is 0. The molecule has 72 valence electrons. The van der Waals surface area contributed by atoms with E-state index in [9.17, 15) is 14.4 Å². The first kappa shape index (κ1) is 11.5. The molecule has 0 atom stereocenters. The fourth-order valence-corrected chi connectivity index (χ4v) is 0.957. The second-order valence-corrected chi connectivity index (χ2v) is 2.66. The molecular formula is C6H9BO6. The van der Waals surface area contributed by atoms with Gasteiger partial charge in [0.05, 0.1) is 0 Å². The van der Waals surface area contributed by atoms with Crippen LogP contribution in [0.15, 0.2) is 0 Å². The van der Waals surface area contributed by atoms with Crippen LogP contribution >= 0.6 is 0 Å². The highest BCUT2D eigenvalue weighted by Crippen LogP contribution is 2.05. The molecule has 0 amide bonds. The molecule has 0 aromatic heterocycles. The molecule has 3 N–H and O–H groups in total. The third-order valence-electron chi connectivity index (χ3n) is 1.39. The molecule has 0 aliphatic rings. The van der Waals surface area contributed by atoms with Crippen LogP contribution < -0.4 is 0 Å². The molecule has 0 rings (SSSR count). The lowest BCUT2D eigenvalue weighted by Crippen LogP contribution is -2.23. The van der Waals surface area contributed by atoms with Gasteiger partial charge in [0.15, 0.2) is 6.71 Å². The Balaban J connectivity index is 4.10. The Hall–Kier alpha value is -1.53. The Kier molecular flexibility index (Phi) is 4.57. The Morgan fingerprint density at radius 2 is 1.00 bits per heavy atom. The molecule has 0 radical (unpaired) electrons. The Morgan fingerprint density at radius 3 is 1.15 bits per heavy atom. The normalized spacial score (nSPS) is 9.23. The molecule has 0 heterocycles. The minimum Gasteiger partial charge on any atom is -0.482 e. The largest absolute Gasteiger partial charge is 0.482 e. The highest BCUT2D eigenvalue weighted by molar-refractivity contribution is 6.67. The quantitative estimate of drug-likeness (QED) is 0.494. The molecule has 0 saturated heterocycles. The van der Waals surface area contributed by atoms with E-state index >= 15 is 0 Å². The van der Waals surface area contributed by atoms with E-state index in [4.69, 9.17) is 15.3 Å². The molecule has 0 fully saturated rings. The van der Waals surface area contributed by atoms with E-state index < -0.39 is 43.6 Å². The Morgan fingerprint density at radius 1 is 0.769 bits per heavy atom. The highest BCUT2D eigenvalue weighted by Gasteiger charge is 2.23. The SMILES string of the molecule is O=C(O)CB(CC(=O)O)CC(=O)O. The third-order valence-corrected chi connectivity index (χ3v) is 1.39. The van der Waals surface area contributed by atoms with E-state index in [-0.39, 0.29) is 0 Å². The summed E-state index contributed by atoms with van der Waals surface area (Å²) in [6.45, 7) is -0.840. The van der Waals surface area contributed by atoms with Crippen molar-refractivity contribution in [2.24, 2.45) is 0 Å². The van der Waals surface area contributed by atoms with Gasteiger partial charge in [-0.05, 0) is 0 Å². The van der Waals surface area contributed by atoms with Gasteiger partial charge >= 0.3 is 0 Å². The minimum absolute atomic E-state index is 0.432. The number of carbonyl (C=O) groups is 3. The first-order chi connectivity index (χ1) is 5.91. The molecule has 7 heteroatoms. The zero-order valence-electron chi connectivity index (χ0n) is 6.77. The van der Waals surface area contributed by atoms with Crippen molar-refractivity contribution in [3.05, 3.63) is 0 Å². The molecule has 0 bridgehead atoms. The number of hydrogen-bond donors (Lipinski definition) is 3. The lowest BCUT2D eigenvalue weighted by molar-refractivity contribution is -0.134. The predicted octanol–water partition coefficient (Wildman–Crippen LogP) is -0.265. The lowest BCUT2D eigenvalue weighted by Gasteiger charge is -2.04. The first-order valence-corrected chi connectivity index (χ1v) is 3.57. The molecule has 6 nitrogen and oxygen atoms in total. The number of rotatable bonds is 6. The van der Waals surface area contributed by atoms with Gasteiger partial charge in [-0.25, -0.2) is 0 Å². The van der Waals surface area contributed by atoms with Gasteiger partial charge in [0.25, 0.3) is 17.9 Å². The van der Waals surface area contributed by atoms with Crippen molar-refractivity contribution >= 4 is 24.6 Å². The van der Waals surface area contributed by atoms with Gasteiger partial charge in [-0.2, -0.15) is 0 Å². The standard InChI is InChI=1S/C6H9BO6/c8-4(9)1-7(2-5(10)11)3-6(12)13/h1-3H2,(H,8,9)(H,10,11)(H,12,13). The predicted molar refractivity (Wildman–Crippen MR) is 43.1 cm³/mol. The maximum absolute atomic E-state index is 10.2. The number of carboxylic acid groups (broad SMARTS) is 3. The summed E-state index contributed by atoms with van der Waals surface area (Å²) in [5.74, 6) is -3.56. The van der Waals surface area contributed by atoms with Crippen LogP contribution in [0.5, 0.6) is 0 Å². The lowest BCUT2D eigenvalue weighted by atomic mass is 9.43. The van der Waals surface area contributed by atoms with Crippen molar-refractivity contribution in [1.82, 2.24) is 0 Å². The van der Waals surface area contributed by atoms with E-state index in [1.807, 2.05) is 0 Å². The average Bonchev–Trinajstić information content (AvgIpc) is 1.80. The van der Waals surface area contributed by atoms with Crippen LogP contribution in [0.25, 0.3) is 0 Å². The van der Waals surface area contributed by atoms with Crippen LogP contribution in [0.2, 0.25) is 19.0 Å². The van der Waals surface area contributed by atoms with Crippen LogP contribution in [-0.4, -0.2) is 39.9 Å². The van der Waals surface area contributed by atoms with Gasteiger partial charge in [0, 0.05) is 19.0 Å². The summed E-state index contributed by atoms with van der Waals surface area (Å²) in [5, 5.41) is 25.0. The second kappa shape index (κ2) is 5.18. The van der Waals surface area contributed by atoms with Gasteiger partial charge in [-0.3, -0.25) is 14.4 Å². The van der Waals surface area contributed by atoms with Gasteiger partial charge in [0.1, 0.15) is 0 Å². The molecule has 13 heavy (non-hydrogen) atoms. The van der Waals surface area contributed by atoms with Crippen LogP contribution in [-0.2, 0) is 14.4 Å². The van der Waals surface area contributed by atoms with Crippen molar-refractivity contribution < 1.29 is 29.7 Å². The highest BCUT2D eigenvalue weighted by atomic mass is 16.4. The molecule has 0 spiro atoms. The zero-order chi connectivity index (χ0) is 10.4. The summed E-state index contributed by atoms with van der Waals surface area (Å²) in [7, 11) is 0. The smallest absolute Gasteiger partial charge is 0.296 e. The Bertz CT molecular complexity index is 187. The number of carboxylic acids is 3. The van der Waals surface area contributed by atoms with Crippen LogP contribution in [0, 0.1) is 0 Å². The van der Waals surface area contributed by atoms with Gasteiger partial charge in [-0.1, -0.05) is 0 Å². The molecule has 0 saturated carbocycles. The molecule has 0 aromatic carbocycles. The van der Waals surface area contributed by atoms with Crippen molar-refractivity contribution in [2.45, 2.75) is 19.0 Å². The van der Waals surface area contributed by atoms with Crippen LogP contribution in [0.3, 0.4) is 0 Å². The monoisotopic (exact) mass is 188 g/mol. The molecule has 0 unspecified atom stereocenters. The molecule has 0 aliphatic heterocycles. The molecule has 0 aliphatic carbocycles. The maximum atomic E-state index is 10.2. The van der Waals surface area contributed by atoms with Gasteiger partial charge in [-0.15, -0.1) is 0 Å². The van der Waals surface area contributed by atoms with Gasteiger partial charge < -0.3 is 15.3 Å². The summed E-state index contributed by atoms with van der Waals surface area (Å²) in [4.78, 5) is 30.6. The van der Waals surface area contributed by atoms with E-state index in [1.165, 1.54) is 0 Å². The van der Waals surface area contributed by atoms with E-state index in [0.29, 0.717) is 0 Å².